The van der Waals surface area contributed by atoms with Gasteiger partial charge in [0.05, 0.1) is 6.61 Å². The highest BCUT2D eigenvalue weighted by atomic mass is 16.3. The number of nitrogens with zero attached hydrogens (tertiary/aromatic N) is 3. The first-order chi connectivity index (χ1) is 8.26. The zero-order valence-corrected chi connectivity index (χ0v) is 9.76. The van der Waals surface area contributed by atoms with Crippen molar-refractivity contribution in [3.8, 4) is 0 Å². The second-order valence-electron chi connectivity index (χ2n) is 4.01. The van der Waals surface area contributed by atoms with E-state index in [2.05, 4.69) is 15.5 Å². The summed E-state index contributed by atoms with van der Waals surface area (Å²) in [6, 6.07) is 3.62. The van der Waals surface area contributed by atoms with E-state index in [0.29, 0.717) is 18.1 Å². The van der Waals surface area contributed by atoms with E-state index in [4.69, 9.17) is 5.11 Å². The SMILES string of the molecule is CNc1ccc(C(=O)N(CCO)C2CC2)nn1. The van der Waals surface area contributed by atoms with Gasteiger partial charge in [0.2, 0.25) is 0 Å². The summed E-state index contributed by atoms with van der Waals surface area (Å²) in [5, 5.41) is 19.5. The van der Waals surface area contributed by atoms with E-state index in [9.17, 15) is 4.79 Å². The number of carbonyl (C=O) groups excluding carboxylic acids is 1. The van der Waals surface area contributed by atoms with Crippen LogP contribution in [0.15, 0.2) is 12.1 Å². The topological polar surface area (TPSA) is 78.4 Å². The van der Waals surface area contributed by atoms with Crippen LogP contribution in [0.4, 0.5) is 5.82 Å². The van der Waals surface area contributed by atoms with Crippen LogP contribution in [-0.4, -0.2) is 52.4 Å². The van der Waals surface area contributed by atoms with Crippen LogP contribution in [0, 0.1) is 0 Å². The molecule has 2 rings (SSSR count). The summed E-state index contributed by atoms with van der Waals surface area (Å²) < 4.78 is 0. The minimum atomic E-state index is -0.156. The molecule has 0 bridgehead atoms. The maximum absolute atomic E-state index is 12.1. The fraction of sp³-hybridized carbons (Fsp3) is 0.545. The summed E-state index contributed by atoms with van der Waals surface area (Å²) in [5.41, 5.74) is 0.323. The number of anilines is 1. The van der Waals surface area contributed by atoms with Crippen molar-refractivity contribution in [3.63, 3.8) is 0 Å². The number of rotatable bonds is 5. The van der Waals surface area contributed by atoms with Crippen LogP contribution < -0.4 is 5.32 Å². The van der Waals surface area contributed by atoms with Gasteiger partial charge in [-0.2, -0.15) is 0 Å². The maximum Gasteiger partial charge on any atom is 0.274 e. The van der Waals surface area contributed by atoms with Gasteiger partial charge in [-0.25, -0.2) is 0 Å². The lowest BCUT2D eigenvalue weighted by Crippen LogP contribution is -2.36. The molecule has 6 nitrogen and oxygen atoms in total. The Kier molecular flexibility index (Phi) is 3.53. The Morgan fingerprint density at radius 1 is 1.53 bits per heavy atom. The van der Waals surface area contributed by atoms with Gasteiger partial charge < -0.3 is 15.3 Å². The lowest BCUT2D eigenvalue weighted by molar-refractivity contribution is 0.0700. The number of aromatic nitrogens is 2. The molecule has 0 atom stereocenters. The van der Waals surface area contributed by atoms with Crippen molar-refractivity contribution in [1.29, 1.82) is 0 Å². The third kappa shape index (κ3) is 2.71. The van der Waals surface area contributed by atoms with Crippen LogP contribution in [0.1, 0.15) is 23.3 Å². The van der Waals surface area contributed by atoms with Gasteiger partial charge in [0, 0.05) is 19.6 Å². The van der Waals surface area contributed by atoms with Gasteiger partial charge >= 0.3 is 0 Å². The van der Waals surface area contributed by atoms with Crippen LogP contribution in [0.2, 0.25) is 0 Å². The van der Waals surface area contributed by atoms with Gasteiger partial charge in [-0.3, -0.25) is 4.79 Å². The molecule has 0 unspecified atom stereocenters. The van der Waals surface area contributed by atoms with Crippen molar-refractivity contribution in [2.75, 3.05) is 25.5 Å². The molecule has 6 heteroatoms. The monoisotopic (exact) mass is 236 g/mol. The van der Waals surface area contributed by atoms with Crippen molar-refractivity contribution < 1.29 is 9.90 Å². The van der Waals surface area contributed by atoms with Gasteiger partial charge in [-0.05, 0) is 25.0 Å². The molecule has 17 heavy (non-hydrogen) atoms. The highest BCUT2D eigenvalue weighted by Crippen LogP contribution is 2.27. The van der Waals surface area contributed by atoms with E-state index in [0.717, 1.165) is 12.8 Å². The van der Waals surface area contributed by atoms with Crippen molar-refractivity contribution in [2.45, 2.75) is 18.9 Å². The minimum absolute atomic E-state index is 0.0235. The molecule has 0 saturated heterocycles. The minimum Gasteiger partial charge on any atom is -0.395 e. The largest absolute Gasteiger partial charge is 0.395 e. The number of nitrogens with one attached hydrogen (secondary N) is 1. The summed E-state index contributed by atoms with van der Waals surface area (Å²) in [6.45, 7) is 0.337. The quantitative estimate of drug-likeness (QED) is 0.759. The van der Waals surface area contributed by atoms with Crippen molar-refractivity contribution >= 4 is 11.7 Å². The van der Waals surface area contributed by atoms with E-state index >= 15 is 0 Å². The molecule has 1 amide bonds. The molecular weight excluding hydrogens is 220 g/mol. The van der Waals surface area contributed by atoms with Crippen LogP contribution in [0.25, 0.3) is 0 Å². The Morgan fingerprint density at radius 3 is 2.76 bits per heavy atom. The third-order valence-corrected chi connectivity index (χ3v) is 2.73. The first kappa shape index (κ1) is 11.8. The molecule has 1 aromatic heterocycles. The van der Waals surface area contributed by atoms with E-state index < -0.39 is 0 Å². The van der Waals surface area contributed by atoms with E-state index in [1.54, 1.807) is 24.1 Å². The molecule has 1 aliphatic carbocycles. The number of aliphatic hydroxyl groups is 1. The molecular formula is C11H16N4O2. The van der Waals surface area contributed by atoms with Gasteiger partial charge in [-0.1, -0.05) is 0 Å². The molecule has 1 heterocycles. The Bertz CT molecular complexity index is 389. The molecule has 92 valence electrons. The summed E-state index contributed by atoms with van der Waals surface area (Å²) >= 11 is 0. The van der Waals surface area contributed by atoms with Crippen LogP contribution >= 0.6 is 0 Å². The first-order valence-electron chi connectivity index (χ1n) is 5.69. The number of aliphatic hydroxyl groups excluding tert-OH is 1. The Labute approximate surface area is 99.7 Å². The standard InChI is InChI=1S/C11H16N4O2/c1-12-10-5-4-9(13-14-10)11(17)15(6-7-16)8-2-3-8/h4-5,8,16H,2-3,6-7H2,1H3,(H,12,14). The summed E-state index contributed by atoms with van der Waals surface area (Å²) in [5.74, 6) is 0.471. The van der Waals surface area contributed by atoms with E-state index in [1.807, 2.05) is 0 Å². The van der Waals surface area contributed by atoms with Crippen molar-refractivity contribution in [3.05, 3.63) is 17.8 Å². The Balaban J connectivity index is 2.10. The smallest absolute Gasteiger partial charge is 0.274 e. The van der Waals surface area contributed by atoms with E-state index in [-0.39, 0.29) is 18.6 Å². The highest BCUT2D eigenvalue weighted by Gasteiger charge is 2.33. The van der Waals surface area contributed by atoms with E-state index in [1.165, 1.54) is 0 Å². The average molecular weight is 236 g/mol. The molecule has 0 aromatic carbocycles. The molecule has 0 spiro atoms. The molecule has 0 aliphatic heterocycles. The Morgan fingerprint density at radius 2 is 2.29 bits per heavy atom. The number of carbonyl (C=O) groups is 1. The van der Waals surface area contributed by atoms with Crippen molar-refractivity contribution in [2.24, 2.45) is 0 Å². The van der Waals surface area contributed by atoms with Gasteiger partial charge in [0.15, 0.2) is 5.69 Å². The Hall–Kier alpha value is -1.69. The lowest BCUT2D eigenvalue weighted by Gasteiger charge is -2.20. The van der Waals surface area contributed by atoms with Gasteiger partial charge in [-0.15, -0.1) is 10.2 Å². The van der Waals surface area contributed by atoms with Crippen LogP contribution in [0.3, 0.4) is 0 Å². The fourth-order valence-electron chi connectivity index (χ4n) is 1.67. The van der Waals surface area contributed by atoms with Gasteiger partial charge in [0.1, 0.15) is 5.82 Å². The zero-order valence-electron chi connectivity index (χ0n) is 9.76. The molecule has 1 aromatic rings. The normalized spacial score (nSPS) is 14.5. The van der Waals surface area contributed by atoms with Crippen molar-refractivity contribution in [1.82, 2.24) is 15.1 Å². The zero-order chi connectivity index (χ0) is 12.3. The molecule has 2 N–H and O–H groups in total. The third-order valence-electron chi connectivity index (χ3n) is 2.73. The van der Waals surface area contributed by atoms with Gasteiger partial charge in [0.25, 0.3) is 5.91 Å². The van der Waals surface area contributed by atoms with Crippen LogP contribution in [-0.2, 0) is 0 Å². The van der Waals surface area contributed by atoms with Crippen LogP contribution in [0.5, 0.6) is 0 Å². The first-order valence-corrected chi connectivity index (χ1v) is 5.69. The number of amides is 1. The summed E-state index contributed by atoms with van der Waals surface area (Å²) in [7, 11) is 1.74. The molecule has 1 saturated carbocycles. The number of hydrogen-bond donors (Lipinski definition) is 2. The predicted molar refractivity (Wildman–Crippen MR) is 62.7 cm³/mol. The lowest BCUT2D eigenvalue weighted by atomic mass is 10.3. The molecule has 1 fully saturated rings. The molecule has 0 radical (unpaired) electrons. The predicted octanol–water partition coefficient (Wildman–Crippen LogP) is 0.115. The highest BCUT2D eigenvalue weighted by molar-refractivity contribution is 5.92. The second kappa shape index (κ2) is 5.09. The average Bonchev–Trinajstić information content (AvgIpc) is 3.19. The summed E-state index contributed by atoms with van der Waals surface area (Å²) in [4.78, 5) is 13.8. The summed E-state index contributed by atoms with van der Waals surface area (Å²) in [6.07, 6.45) is 2.02. The molecule has 1 aliphatic rings. The fourth-order valence-corrected chi connectivity index (χ4v) is 1.67. The second-order valence-corrected chi connectivity index (χ2v) is 4.01. The number of hydrogen-bond acceptors (Lipinski definition) is 5. The maximum atomic E-state index is 12.1.